The molecule has 1 heterocycles. The third-order valence-electron chi connectivity index (χ3n) is 2.00. The quantitative estimate of drug-likeness (QED) is 0.462. The van der Waals surface area contributed by atoms with Gasteiger partial charge in [-0.05, 0) is 19.8 Å². The van der Waals surface area contributed by atoms with Gasteiger partial charge in [-0.2, -0.15) is 10.5 Å². The second-order valence-electron chi connectivity index (χ2n) is 2.74. The molecule has 0 aromatic carbocycles. The van der Waals surface area contributed by atoms with E-state index in [1.54, 1.807) is 4.90 Å². The van der Waals surface area contributed by atoms with Crippen molar-refractivity contribution in [3.63, 3.8) is 0 Å². The molecule has 1 saturated heterocycles. The Morgan fingerprint density at radius 1 is 1.50 bits per heavy atom. The van der Waals surface area contributed by atoms with Gasteiger partial charge in [-0.1, -0.05) is 0 Å². The highest BCUT2D eigenvalue weighted by atomic mass is 15.2. The first-order chi connectivity index (χ1) is 4.73. The second kappa shape index (κ2) is 2.19. The van der Waals surface area contributed by atoms with Crippen molar-refractivity contribution in [2.45, 2.75) is 25.3 Å². The number of hydrogen-bond acceptors (Lipinski definition) is 3. The summed E-state index contributed by atoms with van der Waals surface area (Å²) in [5, 5.41) is 17.2. The van der Waals surface area contributed by atoms with Crippen molar-refractivity contribution >= 4 is 0 Å². The van der Waals surface area contributed by atoms with E-state index in [0.717, 1.165) is 19.4 Å². The second-order valence-corrected chi connectivity index (χ2v) is 2.74. The van der Waals surface area contributed by atoms with Gasteiger partial charge in [0.15, 0.2) is 6.19 Å². The Balaban J connectivity index is 2.80. The molecular weight excluding hydrogens is 126 g/mol. The Bertz CT molecular complexity index is 210. The van der Waals surface area contributed by atoms with E-state index in [4.69, 9.17) is 10.5 Å². The average Bonchev–Trinajstić information content (AvgIpc) is 2.32. The van der Waals surface area contributed by atoms with Crippen LogP contribution in [0.15, 0.2) is 0 Å². The van der Waals surface area contributed by atoms with Gasteiger partial charge >= 0.3 is 0 Å². The van der Waals surface area contributed by atoms with Crippen LogP contribution >= 0.6 is 0 Å². The molecule has 0 amide bonds. The number of likely N-dealkylation sites (tertiary alicyclic amines) is 1. The summed E-state index contributed by atoms with van der Waals surface area (Å²) in [7, 11) is 0. The molecule has 1 fully saturated rings. The molecule has 0 radical (unpaired) electrons. The minimum Gasteiger partial charge on any atom is -0.291 e. The SMILES string of the molecule is CC1(C#N)CCCN1C#N. The monoisotopic (exact) mass is 135 g/mol. The highest BCUT2D eigenvalue weighted by Crippen LogP contribution is 2.26. The smallest absolute Gasteiger partial charge is 0.180 e. The zero-order valence-corrected chi connectivity index (χ0v) is 5.96. The van der Waals surface area contributed by atoms with E-state index in [2.05, 4.69) is 6.07 Å². The first-order valence-corrected chi connectivity index (χ1v) is 3.31. The molecule has 0 spiro atoms. The fraction of sp³-hybridized carbons (Fsp3) is 0.714. The first-order valence-electron chi connectivity index (χ1n) is 3.31. The fourth-order valence-electron chi connectivity index (χ4n) is 1.24. The summed E-state index contributed by atoms with van der Waals surface area (Å²) in [4.78, 5) is 1.55. The van der Waals surface area contributed by atoms with E-state index < -0.39 is 5.54 Å². The van der Waals surface area contributed by atoms with E-state index in [0.29, 0.717) is 0 Å². The van der Waals surface area contributed by atoms with Crippen LogP contribution in [0.5, 0.6) is 0 Å². The molecule has 3 nitrogen and oxygen atoms in total. The largest absolute Gasteiger partial charge is 0.291 e. The lowest BCUT2D eigenvalue weighted by Gasteiger charge is -2.21. The molecule has 10 heavy (non-hydrogen) atoms. The Morgan fingerprint density at radius 3 is 2.60 bits per heavy atom. The highest BCUT2D eigenvalue weighted by molar-refractivity contribution is 5.11. The Labute approximate surface area is 60.5 Å². The highest BCUT2D eigenvalue weighted by Gasteiger charge is 2.35. The van der Waals surface area contributed by atoms with E-state index in [1.807, 2.05) is 13.1 Å². The van der Waals surface area contributed by atoms with Crippen LogP contribution in [0, 0.1) is 22.8 Å². The predicted octanol–water partition coefficient (Wildman–Crippen LogP) is 0.846. The van der Waals surface area contributed by atoms with E-state index >= 15 is 0 Å². The predicted molar refractivity (Wildman–Crippen MR) is 35.6 cm³/mol. The fourth-order valence-corrected chi connectivity index (χ4v) is 1.24. The zero-order valence-electron chi connectivity index (χ0n) is 5.96. The Hall–Kier alpha value is -1.22. The summed E-state index contributed by atoms with van der Waals surface area (Å²) in [5.74, 6) is 0. The maximum Gasteiger partial charge on any atom is 0.180 e. The van der Waals surface area contributed by atoms with E-state index in [-0.39, 0.29) is 0 Å². The normalized spacial score (nSPS) is 31.3. The molecular formula is C7H9N3. The minimum absolute atomic E-state index is 0.519. The van der Waals surface area contributed by atoms with Crippen LogP contribution in [-0.2, 0) is 0 Å². The van der Waals surface area contributed by atoms with Crippen molar-refractivity contribution in [3.05, 3.63) is 0 Å². The Kier molecular flexibility index (Phi) is 1.51. The molecule has 0 aromatic heterocycles. The van der Waals surface area contributed by atoms with Crippen LogP contribution in [0.25, 0.3) is 0 Å². The molecule has 3 heteroatoms. The number of nitrogens with zero attached hydrogens (tertiary/aromatic N) is 3. The molecule has 1 atom stereocenters. The van der Waals surface area contributed by atoms with Gasteiger partial charge < -0.3 is 0 Å². The van der Waals surface area contributed by atoms with Crippen LogP contribution in [0.2, 0.25) is 0 Å². The van der Waals surface area contributed by atoms with Gasteiger partial charge in [0.05, 0.1) is 6.07 Å². The van der Waals surface area contributed by atoms with Gasteiger partial charge in [-0.3, -0.25) is 4.90 Å². The van der Waals surface area contributed by atoms with E-state index in [1.165, 1.54) is 0 Å². The van der Waals surface area contributed by atoms with Crippen LogP contribution in [0.3, 0.4) is 0 Å². The van der Waals surface area contributed by atoms with Gasteiger partial charge in [0, 0.05) is 6.54 Å². The summed E-state index contributed by atoms with van der Waals surface area (Å²) in [6.45, 7) is 2.55. The van der Waals surface area contributed by atoms with Gasteiger partial charge in [0.25, 0.3) is 0 Å². The summed E-state index contributed by atoms with van der Waals surface area (Å²) >= 11 is 0. The molecule has 0 N–H and O–H groups in total. The van der Waals surface area contributed by atoms with Gasteiger partial charge in [-0.15, -0.1) is 0 Å². The lowest BCUT2D eigenvalue weighted by atomic mass is 10.0. The van der Waals surface area contributed by atoms with Crippen LogP contribution < -0.4 is 0 Å². The number of rotatable bonds is 0. The third kappa shape index (κ3) is 0.804. The molecule has 1 aliphatic heterocycles. The van der Waals surface area contributed by atoms with E-state index in [9.17, 15) is 0 Å². The topological polar surface area (TPSA) is 50.8 Å². The summed E-state index contributed by atoms with van der Waals surface area (Å²) in [5.41, 5.74) is -0.519. The van der Waals surface area contributed by atoms with Crippen molar-refractivity contribution in [2.24, 2.45) is 0 Å². The maximum atomic E-state index is 8.68. The molecule has 1 aliphatic rings. The molecule has 0 saturated carbocycles. The lowest BCUT2D eigenvalue weighted by Crippen LogP contribution is -2.35. The summed E-state index contributed by atoms with van der Waals surface area (Å²) in [6.07, 6.45) is 3.79. The van der Waals surface area contributed by atoms with Crippen molar-refractivity contribution in [3.8, 4) is 12.3 Å². The summed E-state index contributed by atoms with van der Waals surface area (Å²) < 4.78 is 0. The molecule has 0 aliphatic carbocycles. The first kappa shape index (κ1) is 6.89. The molecule has 0 aromatic rings. The summed E-state index contributed by atoms with van der Waals surface area (Å²) in [6, 6.07) is 2.14. The molecule has 52 valence electrons. The van der Waals surface area contributed by atoms with Gasteiger partial charge in [-0.25, -0.2) is 0 Å². The minimum atomic E-state index is -0.519. The van der Waals surface area contributed by atoms with Gasteiger partial charge in [0.1, 0.15) is 5.54 Å². The van der Waals surface area contributed by atoms with Crippen LogP contribution in [0.1, 0.15) is 19.8 Å². The lowest BCUT2D eigenvalue weighted by molar-refractivity contribution is 0.308. The molecule has 1 unspecified atom stereocenters. The maximum absolute atomic E-state index is 8.68. The van der Waals surface area contributed by atoms with Gasteiger partial charge in [0.2, 0.25) is 0 Å². The zero-order chi connectivity index (χ0) is 7.61. The standard InChI is InChI=1S/C7H9N3/c1-7(5-8)3-2-4-10(7)6-9/h2-4H2,1H3. The third-order valence-corrected chi connectivity index (χ3v) is 2.00. The molecule has 1 rings (SSSR count). The van der Waals surface area contributed by atoms with Crippen LogP contribution in [0.4, 0.5) is 0 Å². The molecule has 0 bridgehead atoms. The van der Waals surface area contributed by atoms with Crippen molar-refractivity contribution < 1.29 is 0 Å². The average molecular weight is 135 g/mol. The van der Waals surface area contributed by atoms with Crippen molar-refractivity contribution in [1.29, 1.82) is 10.5 Å². The van der Waals surface area contributed by atoms with Crippen molar-refractivity contribution in [1.82, 2.24) is 4.90 Å². The van der Waals surface area contributed by atoms with Crippen molar-refractivity contribution in [2.75, 3.05) is 6.54 Å². The Morgan fingerprint density at radius 2 is 2.20 bits per heavy atom. The number of nitriles is 2. The number of hydrogen-bond donors (Lipinski definition) is 0. The van der Waals surface area contributed by atoms with Crippen LogP contribution in [-0.4, -0.2) is 17.0 Å².